The van der Waals surface area contributed by atoms with Gasteiger partial charge in [-0.3, -0.25) is 0 Å². The van der Waals surface area contributed by atoms with E-state index in [0.29, 0.717) is 5.56 Å². The van der Waals surface area contributed by atoms with E-state index in [9.17, 15) is 0 Å². The predicted octanol–water partition coefficient (Wildman–Crippen LogP) is 4.35. The van der Waals surface area contributed by atoms with Crippen molar-refractivity contribution in [3.8, 4) is 27.9 Å². The number of nitrogens with zero attached hydrogens (tertiary/aromatic N) is 2. The van der Waals surface area contributed by atoms with Crippen LogP contribution in [0.15, 0.2) is 60.0 Å². The summed E-state index contributed by atoms with van der Waals surface area (Å²) in [6.45, 7) is 0. The standard InChI is InChI=1S/C16H10N2S/c17-10-12-5-4-8-14(9-12)15-11-19-16(18-15)13-6-2-1-3-7-13/h1-9,11H. The highest BCUT2D eigenvalue weighted by Crippen LogP contribution is 2.28. The van der Waals surface area contributed by atoms with Crippen molar-refractivity contribution in [2.75, 3.05) is 0 Å². The fraction of sp³-hybridized carbons (Fsp3) is 0. The van der Waals surface area contributed by atoms with Gasteiger partial charge in [0.1, 0.15) is 5.01 Å². The van der Waals surface area contributed by atoms with Gasteiger partial charge in [0.2, 0.25) is 0 Å². The van der Waals surface area contributed by atoms with E-state index in [1.807, 2.05) is 53.9 Å². The van der Waals surface area contributed by atoms with E-state index in [0.717, 1.165) is 21.8 Å². The molecule has 0 aliphatic heterocycles. The van der Waals surface area contributed by atoms with E-state index in [2.05, 4.69) is 11.1 Å². The van der Waals surface area contributed by atoms with Gasteiger partial charge in [-0.1, -0.05) is 42.5 Å². The van der Waals surface area contributed by atoms with Crippen molar-refractivity contribution in [3.63, 3.8) is 0 Å². The maximum atomic E-state index is 8.92. The van der Waals surface area contributed by atoms with Gasteiger partial charge in [0.15, 0.2) is 0 Å². The van der Waals surface area contributed by atoms with Gasteiger partial charge in [0.25, 0.3) is 0 Å². The highest BCUT2D eigenvalue weighted by molar-refractivity contribution is 7.13. The Labute approximate surface area is 115 Å². The number of benzene rings is 2. The molecule has 3 aromatic rings. The van der Waals surface area contributed by atoms with Crippen LogP contribution in [0.1, 0.15) is 5.56 Å². The maximum Gasteiger partial charge on any atom is 0.124 e. The van der Waals surface area contributed by atoms with Gasteiger partial charge in [0, 0.05) is 16.5 Å². The van der Waals surface area contributed by atoms with E-state index < -0.39 is 0 Å². The molecule has 90 valence electrons. The van der Waals surface area contributed by atoms with Crippen molar-refractivity contribution in [1.82, 2.24) is 4.98 Å². The molecule has 0 atom stereocenters. The highest BCUT2D eigenvalue weighted by Gasteiger charge is 2.06. The Balaban J connectivity index is 2.00. The van der Waals surface area contributed by atoms with Crippen LogP contribution in [-0.2, 0) is 0 Å². The molecule has 1 aromatic heterocycles. The molecule has 0 aliphatic rings. The van der Waals surface area contributed by atoms with Gasteiger partial charge in [-0.05, 0) is 12.1 Å². The summed E-state index contributed by atoms with van der Waals surface area (Å²) in [7, 11) is 0. The zero-order valence-corrected chi connectivity index (χ0v) is 10.9. The Hall–Kier alpha value is -2.44. The third kappa shape index (κ3) is 2.40. The average Bonchev–Trinajstić information content (AvgIpc) is 2.98. The van der Waals surface area contributed by atoms with Crippen molar-refractivity contribution < 1.29 is 0 Å². The number of hydrogen-bond acceptors (Lipinski definition) is 3. The second-order valence-corrected chi connectivity index (χ2v) is 4.95. The third-order valence-electron chi connectivity index (χ3n) is 2.81. The Kier molecular flexibility index (Phi) is 3.09. The molecule has 0 amide bonds. The molecule has 0 unspecified atom stereocenters. The summed E-state index contributed by atoms with van der Waals surface area (Å²) in [5, 5.41) is 11.9. The Morgan fingerprint density at radius 3 is 2.53 bits per heavy atom. The normalized spacial score (nSPS) is 10.1. The van der Waals surface area contributed by atoms with Crippen LogP contribution in [-0.4, -0.2) is 4.98 Å². The van der Waals surface area contributed by atoms with Crippen LogP contribution in [0.2, 0.25) is 0 Å². The monoisotopic (exact) mass is 262 g/mol. The minimum Gasteiger partial charge on any atom is -0.236 e. The van der Waals surface area contributed by atoms with Gasteiger partial charge >= 0.3 is 0 Å². The van der Waals surface area contributed by atoms with Gasteiger partial charge in [-0.25, -0.2) is 4.98 Å². The van der Waals surface area contributed by atoms with Gasteiger partial charge in [0.05, 0.1) is 17.3 Å². The molecular formula is C16H10N2S. The number of thiazole rings is 1. The van der Waals surface area contributed by atoms with Crippen LogP contribution in [0.5, 0.6) is 0 Å². The fourth-order valence-corrected chi connectivity index (χ4v) is 2.70. The van der Waals surface area contributed by atoms with Crippen molar-refractivity contribution in [2.45, 2.75) is 0 Å². The van der Waals surface area contributed by atoms with E-state index in [1.165, 1.54) is 0 Å². The summed E-state index contributed by atoms with van der Waals surface area (Å²) < 4.78 is 0. The molecular weight excluding hydrogens is 252 g/mol. The summed E-state index contributed by atoms with van der Waals surface area (Å²) in [4.78, 5) is 4.64. The molecule has 2 aromatic carbocycles. The molecule has 0 radical (unpaired) electrons. The van der Waals surface area contributed by atoms with Crippen LogP contribution in [0, 0.1) is 11.3 Å². The summed E-state index contributed by atoms with van der Waals surface area (Å²) in [5.74, 6) is 0. The molecule has 0 fully saturated rings. The molecule has 0 N–H and O–H groups in total. The molecule has 1 heterocycles. The van der Waals surface area contributed by atoms with Gasteiger partial charge in [-0.15, -0.1) is 11.3 Å². The molecule has 0 bridgehead atoms. The summed E-state index contributed by atoms with van der Waals surface area (Å²) in [6, 6.07) is 19.8. The Morgan fingerprint density at radius 1 is 0.947 bits per heavy atom. The van der Waals surface area contributed by atoms with Crippen LogP contribution in [0.4, 0.5) is 0 Å². The number of hydrogen-bond donors (Lipinski definition) is 0. The Morgan fingerprint density at radius 2 is 1.74 bits per heavy atom. The largest absolute Gasteiger partial charge is 0.236 e. The number of aromatic nitrogens is 1. The van der Waals surface area contributed by atoms with E-state index in [1.54, 1.807) is 17.4 Å². The zero-order valence-electron chi connectivity index (χ0n) is 10.1. The minimum absolute atomic E-state index is 0.659. The third-order valence-corrected chi connectivity index (χ3v) is 3.70. The average molecular weight is 262 g/mol. The topological polar surface area (TPSA) is 36.7 Å². The lowest BCUT2D eigenvalue weighted by molar-refractivity contribution is 1.39. The van der Waals surface area contributed by atoms with Crippen LogP contribution >= 0.6 is 11.3 Å². The fourth-order valence-electron chi connectivity index (χ4n) is 1.87. The first-order valence-corrected chi connectivity index (χ1v) is 6.76. The maximum absolute atomic E-state index is 8.92. The van der Waals surface area contributed by atoms with Crippen molar-refractivity contribution in [3.05, 3.63) is 65.5 Å². The van der Waals surface area contributed by atoms with Crippen molar-refractivity contribution in [1.29, 1.82) is 5.26 Å². The first-order chi connectivity index (χ1) is 9.36. The van der Waals surface area contributed by atoms with Crippen LogP contribution in [0.25, 0.3) is 21.8 Å². The van der Waals surface area contributed by atoms with Crippen molar-refractivity contribution in [2.24, 2.45) is 0 Å². The molecule has 19 heavy (non-hydrogen) atoms. The van der Waals surface area contributed by atoms with E-state index in [4.69, 9.17) is 5.26 Å². The number of nitriles is 1. The van der Waals surface area contributed by atoms with Gasteiger partial charge < -0.3 is 0 Å². The van der Waals surface area contributed by atoms with E-state index in [-0.39, 0.29) is 0 Å². The highest BCUT2D eigenvalue weighted by atomic mass is 32.1. The van der Waals surface area contributed by atoms with Gasteiger partial charge in [-0.2, -0.15) is 5.26 Å². The summed E-state index contributed by atoms with van der Waals surface area (Å²) in [6.07, 6.45) is 0. The molecule has 2 nitrogen and oxygen atoms in total. The lowest BCUT2D eigenvalue weighted by Crippen LogP contribution is -1.81. The lowest BCUT2D eigenvalue weighted by Gasteiger charge is -1.97. The second-order valence-electron chi connectivity index (χ2n) is 4.10. The minimum atomic E-state index is 0.659. The summed E-state index contributed by atoms with van der Waals surface area (Å²) in [5.41, 5.74) is 3.68. The lowest BCUT2D eigenvalue weighted by atomic mass is 10.1. The molecule has 0 saturated heterocycles. The Bertz CT molecular complexity index is 739. The first-order valence-electron chi connectivity index (χ1n) is 5.88. The predicted molar refractivity (Wildman–Crippen MR) is 77.7 cm³/mol. The molecule has 0 saturated carbocycles. The smallest absolute Gasteiger partial charge is 0.124 e. The quantitative estimate of drug-likeness (QED) is 0.688. The second kappa shape index (κ2) is 5.05. The zero-order chi connectivity index (χ0) is 13.1. The molecule has 0 spiro atoms. The summed E-state index contributed by atoms with van der Waals surface area (Å²) >= 11 is 1.62. The molecule has 0 aliphatic carbocycles. The van der Waals surface area contributed by atoms with Crippen LogP contribution < -0.4 is 0 Å². The molecule has 3 rings (SSSR count). The SMILES string of the molecule is N#Cc1cccc(-c2csc(-c3ccccc3)n2)c1. The van der Waals surface area contributed by atoms with Crippen molar-refractivity contribution >= 4 is 11.3 Å². The first kappa shape index (κ1) is 11.6. The van der Waals surface area contributed by atoms with E-state index >= 15 is 0 Å². The number of rotatable bonds is 2. The van der Waals surface area contributed by atoms with Crippen LogP contribution in [0.3, 0.4) is 0 Å². The molecule has 3 heteroatoms.